The van der Waals surface area contributed by atoms with Crippen molar-refractivity contribution in [3.8, 4) is 0 Å². The maximum atomic E-state index is 11.9. The maximum absolute atomic E-state index is 11.9. The van der Waals surface area contributed by atoms with E-state index in [1.807, 2.05) is 0 Å². The van der Waals surface area contributed by atoms with Gasteiger partial charge in [-0.15, -0.1) is 0 Å². The molecule has 7 heteroatoms. The molecule has 0 unspecified atom stereocenters. The molecule has 0 atom stereocenters. The third-order valence-corrected chi connectivity index (χ3v) is 1.51. The minimum atomic E-state index is -4.64. The highest BCUT2D eigenvalue weighted by Gasteiger charge is 2.34. The molecule has 0 bridgehead atoms. The molecule has 1 aromatic rings. The summed E-state index contributed by atoms with van der Waals surface area (Å²) >= 11 is 4.89. The van der Waals surface area contributed by atoms with Crippen LogP contribution in [0.5, 0.6) is 0 Å². The summed E-state index contributed by atoms with van der Waals surface area (Å²) in [5.74, 6) is -0.169. The largest absolute Gasteiger partial charge is 0.444 e. The molecule has 1 rings (SSSR count). The standard InChI is InChI=1S/C7H5ClF3N3/c1-4-2-13-5(3-12-4)14-6(8)7(9,10)11/h2-3H,1H3. The van der Waals surface area contributed by atoms with Gasteiger partial charge in [0.25, 0.3) is 0 Å². The monoisotopic (exact) mass is 223 g/mol. The van der Waals surface area contributed by atoms with E-state index < -0.39 is 11.3 Å². The van der Waals surface area contributed by atoms with Gasteiger partial charge in [0.15, 0.2) is 5.82 Å². The van der Waals surface area contributed by atoms with Gasteiger partial charge in [0.05, 0.1) is 18.1 Å². The Kier molecular flexibility index (Phi) is 3.05. The summed E-state index contributed by atoms with van der Waals surface area (Å²) in [5.41, 5.74) is 0.590. The molecule has 0 aliphatic heterocycles. The minimum absolute atomic E-state index is 0.169. The molecular weight excluding hydrogens is 219 g/mol. The van der Waals surface area contributed by atoms with Crippen molar-refractivity contribution >= 4 is 22.6 Å². The molecule has 0 spiro atoms. The number of alkyl halides is 3. The first-order valence-electron chi connectivity index (χ1n) is 3.49. The van der Waals surface area contributed by atoms with Crippen molar-refractivity contribution < 1.29 is 13.2 Å². The van der Waals surface area contributed by atoms with Crippen molar-refractivity contribution in [2.45, 2.75) is 13.1 Å². The van der Waals surface area contributed by atoms with Crippen LogP contribution in [-0.2, 0) is 0 Å². The molecule has 0 aliphatic rings. The third-order valence-electron chi connectivity index (χ3n) is 1.21. The van der Waals surface area contributed by atoms with Gasteiger partial charge in [-0.25, -0.2) is 9.98 Å². The SMILES string of the molecule is Cc1cnc(N=C(Cl)C(F)(F)F)cn1. The van der Waals surface area contributed by atoms with E-state index in [1.54, 1.807) is 6.92 Å². The van der Waals surface area contributed by atoms with Gasteiger partial charge in [-0.2, -0.15) is 13.2 Å². The number of aliphatic imine (C=N–C) groups is 1. The van der Waals surface area contributed by atoms with E-state index in [0.717, 1.165) is 6.20 Å². The van der Waals surface area contributed by atoms with Crippen LogP contribution in [0.15, 0.2) is 17.4 Å². The highest BCUT2D eigenvalue weighted by Crippen LogP contribution is 2.22. The first-order chi connectivity index (χ1) is 6.39. The van der Waals surface area contributed by atoms with Crippen LogP contribution in [0.1, 0.15) is 5.69 Å². The summed E-state index contributed by atoms with van der Waals surface area (Å²) in [5, 5.41) is -1.46. The molecule has 0 radical (unpaired) electrons. The molecular formula is C7H5ClF3N3. The summed E-state index contributed by atoms with van der Waals surface area (Å²) in [6, 6.07) is 0. The van der Waals surface area contributed by atoms with Crippen molar-refractivity contribution in [3.63, 3.8) is 0 Å². The molecule has 0 aliphatic carbocycles. The first-order valence-corrected chi connectivity index (χ1v) is 3.87. The quantitative estimate of drug-likeness (QED) is 0.687. The Morgan fingerprint density at radius 3 is 2.43 bits per heavy atom. The van der Waals surface area contributed by atoms with E-state index in [4.69, 9.17) is 11.6 Å². The number of aryl methyl sites for hydroxylation is 1. The molecule has 0 amide bonds. The van der Waals surface area contributed by atoms with Crippen LogP contribution in [0.25, 0.3) is 0 Å². The third kappa shape index (κ3) is 2.95. The Labute approximate surface area is 82.7 Å². The summed E-state index contributed by atoms with van der Waals surface area (Å²) in [7, 11) is 0. The fourth-order valence-electron chi connectivity index (χ4n) is 0.607. The van der Waals surface area contributed by atoms with Crippen molar-refractivity contribution in [1.82, 2.24) is 9.97 Å². The highest BCUT2D eigenvalue weighted by atomic mass is 35.5. The zero-order valence-corrected chi connectivity index (χ0v) is 7.76. The number of halogens is 4. The Morgan fingerprint density at radius 1 is 1.36 bits per heavy atom. The maximum Gasteiger partial charge on any atom is 0.444 e. The number of nitrogens with zero attached hydrogens (tertiary/aromatic N) is 3. The second kappa shape index (κ2) is 3.91. The van der Waals surface area contributed by atoms with Crippen LogP contribution in [0.2, 0.25) is 0 Å². The Balaban J connectivity index is 2.93. The molecule has 14 heavy (non-hydrogen) atoms. The molecule has 0 fully saturated rings. The van der Waals surface area contributed by atoms with E-state index in [-0.39, 0.29) is 5.82 Å². The summed E-state index contributed by atoms with van der Waals surface area (Å²) in [6.07, 6.45) is -2.23. The fourth-order valence-corrected chi connectivity index (χ4v) is 0.694. The first kappa shape index (κ1) is 10.9. The van der Waals surface area contributed by atoms with Crippen LogP contribution >= 0.6 is 11.6 Å². The van der Waals surface area contributed by atoms with Crippen molar-refractivity contribution in [3.05, 3.63) is 18.1 Å². The van der Waals surface area contributed by atoms with Gasteiger partial charge >= 0.3 is 6.18 Å². The lowest BCUT2D eigenvalue weighted by atomic mass is 10.5. The topological polar surface area (TPSA) is 38.1 Å². The normalized spacial score (nSPS) is 13.1. The minimum Gasteiger partial charge on any atom is -0.256 e. The van der Waals surface area contributed by atoms with Crippen LogP contribution < -0.4 is 0 Å². The number of aromatic nitrogens is 2. The van der Waals surface area contributed by atoms with Crippen molar-refractivity contribution in [2.24, 2.45) is 4.99 Å². The lowest BCUT2D eigenvalue weighted by molar-refractivity contribution is -0.0558. The molecule has 1 heterocycles. The fraction of sp³-hybridized carbons (Fsp3) is 0.286. The Hall–Kier alpha value is -1.17. The van der Waals surface area contributed by atoms with Crippen LogP contribution in [-0.4, -0.2) is 21.3 Å². The average molecular weight is 224 g/mol. The number of hydrogen-bond donors (Lipinski definition) is 0. The lowest BCUT2D eigenvalue weighted by Crippen LogP contribution is -2.16. The van der Waals surface area contributed by atoms with Gasteiger partial charge in [0.1, 0.15) is 0 Å². The predicted octanol–water partition coefficient (Wildman–Crippen LogP) is 2.62. The van der Waals surface area contributed by atoms with E-state index in [2.05, 4.69) is 15.0 Å². The van der Waals surface area contributed by atoms with Gasteiger partial charge in [-0.3, -0.25) is 4.98 Å². The van der Waals surface area contributed by atoms with Gasteiger partial charge in [-0.1, -0.05) is 11.6 Å². The van der Waals surface area contributed by atoms with Crippen LogP contribution in [0.4, 0.5) is 19.0 Å². The number of hydrogen-bond acceptors (Lipinski definition) is 3. The van der Waals surface area contributed by atoms with Gasteiger partial charge in [-0.05, 0) is 6.92 Å². The van der Waals surface area contributed by atoms with Crippen molar-refractivity contribution in [1.29, 1.82) is 0 Å². The second-order valence-corrected chi connectivity index (χ2v) is 2.77. The van der Waals surface area contributed by atoms with Gasteiger partial charge in [0.2, 0.25) is 5.17 Å². The van der Waals surface area contributed by atoms with Gasteiger partial charge in [0, 0.05) is 0 Å². The lowest BCUT2D eigenvalue weighted by Gasteiger charge is -2.02. The number of rotatable bonds is 1. The van der Waals surface area contributed by atoms with Crippen LogP contribution in [0, 0.1) is 6.92 Å². The smallest absolute Gasteiger partial charge is 0.256 e. The summed E-state index contributed by atoms with van der Waals surface area (Å²) < 4.78 is 35.7. The van der Waals surface area contributed by atoms with E-state index in [1.165, 1.54) is 6.20 Å². The van der Waals surface area contributed by atoms with Crippen molar-refractivity contribution in [2.75, 3.05) is 0 Å². The average Bonchev–Trinajstić information content (AvgIpc) is 2.07. The zero-order chi connectivity index (χ0) is 10.8. The highest BCUT2D eigenvalue weighted by molar-refractivity contribution is 6.67. The molecule has 76 valence electrons. The van der Waals surface area contributed by atoms with E-state index >= 15 is 0 Å². The molecule has 0 saturated carbocycles. The summed E-state index contributed by atoms with van der Waals surface area (Å²) in [4.78, 5) is 10.4. The molecule has 0 aromatic carbocycles. The van der Waals surface area contributed by atoms with E-state index in [9.17, 15) is 13.2 Å². The second-order valence-electron chi connectivity index (χ2n) is 2.42. The van der Waals surface area contributed by atoms with E-state index in [0.29, 0.717) is 5.69 Å². The molecule has 0 saturated heterocycles. The Morgan fingerprint density at radius 2 is 2.00 bits per heavy atom. The molecule has 0 N–H and O–H groups in total. The summed E-state index contributed by atoms with van der Waals surface area (Å²) in [6.45, 7) is 1.66. The Bertz CT molecular complexity index is 344. The van der Waals surface area contributed by atoms with Gasteiger partial charge < -0.3 is 0 Å². The predicted molar refractivity (Wildman–Crippen MR) is 45.8 cm³/mol. The molecule has 3 nitrogen and oxygen atoms in total. The molecule has 1 aromatic heterocycles. The zero-order valence-electron chi connectivity index (χ0n) is 7.01. The van der Waals surface area contributed by atoms with Crippen LogP contribution in [0.3, 0.4) is 0 Å².